The zero-order valence-electron chi connectivity index (χ0n) is 31.6. The Morgan fingerprint density at radius 1 is 0.224 bits per heavy atom. The number of hydrogen-bond donors (Lipinski definition) is 0. The first-order valence-corrected chi connectivity index (χ1v) is 19.5. The van der Waals surface area contributed by atoms with Gasteiger partial charge in [-0.25, -0.2) is 19.9 Å². The molecule has 0 saturated heterocycles. The summed E-state index contributed by atoms with van der Waals surface area (Å²) in [6.07, 6.45) is 0. The van der Waals surface area contributed by atoms with Crippen LogP contribution in [0.5, 0.6) is 0 Å². The summed E-state index contributed by atoms with van der Waals surface area (Å²) in [5, 5.41) is 2.37. The molecule has 272 valence electrons. The normalized spacial score (nSPS) is 11.1. The van der Waals surface area contributed by atoms with Crippen molar-refractivity contribution in [1.82, 2.24) is 19.9 Å². The number of aromatic nitrogens is 4. The van der Waals surface area contributed by atoms with Crippen molar-refractivity contribution in [3.63, 3.8) is 0 Å². The summed E-state index contributed by atoms with van der Waals surface area (Å²) in [5.74, 6) is 1.40. The molecule has 2 heterocycles. The van der Waals surface area contributed by atoms with Gasteiger partial charge in [-0.1, -0.05) is 194 Å². The van der Waals surface area contributed by atoms with E-state index >= 15 is 0 Å². The van der Waals surface area contributed by atoms with Crippen LogP contribution < -0.4 is 0 Å². The maximum absolute atomic E-state index is 5.09. The summed E-state index contributed by atoms with van der Waals surface area (Å²) in [5.41, 5.74) is 14.3. The van der Waals surface area contributed by atoms with E-state index < -0.39 is 0 Å². The summed E-state index contributed by atoms with van der Waals surface area (Å²) in [6.45, 7) is 0. The zero-order valence-corrected chi connectivity index (χ0v) is 31.6. The number of nitrogens with zero attached hydrogens (tertiary/aromatic N) is 4. The molecular weight excluding hydrogens is 705 g/mol. The second kappa shape index (κ2) is 15.4. The van der Waals surface area contributed by atoms with Gasteiger partial charge in [-0.3, -0.25) is 0 Å². The Morgan fingerprint density at radius 3 is 1.14 bits per heavy atom. The molecule has 0 spiro atoms. The van der Waals surface area contributed by atoms with Gasteiger partial charge in [0.25, 0.3) is 0 Å². The van der Waals surface area contributed by atoms with E-state index in [4.69, 9.17) is 19.9 Å². The number of hydrogen-bond acceptors (Lipinski definition) is 4. The van der Waals surface area contributed by atoms with Crippen LogP contribution in [0.15, 0.2) is 218 Å². The fraction of sp³-hybridized carbons (Fsp3) is 0. The third kappa shape index (κ3) is 7.07. The standard InChI is InChI=1S/C54H36N4/c1-5-15-39(16-6-1)49-36-52(56-53(55-49)43-21-11-4-12-22-43)42-30-27-38(28-31-42)47-26-14-23-37-29-32-45(34-48(37)47)44-24-13-25-46(33-44)54-57-50(40-17-7-2-8-18-40)35-51(58-54)41-19-9-3-10-20-41/h1-36H. The molecule has 0 fully saturated rings. The van der Waals surface area contributed by atoms with Crippen LogP contribution in [0.25, 0.3) is 101 Å². The monoisotopic (exact) mass is 740 g/mol. The van der Waals surface area contributed by atoms with Gasteiger partial charge in [-0.05, 0) is 57.3 Å². The molecule has 0 aliphatic rings. The Bertz CT molecular complexity index is 2900. The lowest BCUT2D eigenvalue weighted by molar-refractivity contribution is 1.18. The molecule has 4 heteroatoms. The molecule has 2 aromatic heterocycles. The van der Waals surface area contributed by atoms with Gasteiger partial charge in [0.2, 0.25) is 0 Å². The molecule has 0 N–H and O–H groups in total. The first kappa shape index (κ1) is 34.7. The van der Waals surface area contributed by atoms with Crippen molar-refractivity contribution >= 4 is 10.8 Å². The van der Waals surface area contributed by atoms with Gasteiger partial charge in [0.15, 0.2) is 11.6 Å². The number of benzene rings is 8. The van der Waals surface area contributed by atoms with E-state index in [2.05, 4.69) is 146 Å². The average Bonchev–Trinajstić information content (AvgIpc) is 3.32. The van der Waals surface area contributed by atoms with Gasteiger partial charge < -0.3 is 0 Å². The lowest BCUT2D eigenvalue weighted by Gasteiger charge is -2.12. The van der Waals surface area contributed by atoms with Crippen molar-refractivity contribution in [3.8, 4) is 90.1 Å². The minimum atomic E-state index is 0.694. The quantitative estimate of drug-likeness (QED) is 0.156. The molecule has 0 radical (unpaired) electrons. The van der Waals surface area contributed by atoms with Crippen molar-refractivity contribution in [2.75, 3.05) is 0 Å². The average molecular weight is 741 g/mol. The Kier molecular flexibility index (Phi) is 9.18. The maximum atomic E-state index is 5.09. The van der Waals surface area contributed by atoms with Gasteiger partial charge >= 0.3 is 0 Å². The third-order valence-corrected chi connectivity index (χ3v) is 10.5. The molecule has 8 aromatic carbocycles. The SMILES string of the molecule is c1ccc(-c2cc(-c3ccc(-c4cccc5ccc(-c6cccc(-c7nc(-c8ccccc8)cc(-c8ccccc8)n7)c6)cc45)cc3)nc(-c3ccccc3)n2)cc1. The Morgan fingerprint density at radius 2 is 0.603 bits per heavy atom. The van der Waals surface area contributed by atoms with Crippen LogP contribution in [-0.4, -0.2) is 19.9 Å². The van der Waals surface area contributed by atoms with Crippen molar-refractivity contribution in [2.24, 2.45) is 0 Å². The van der Waals surface area contributed by atoms with Crippen LogP contribution >= 0.6 is 0 Å². The highest BCUT2D eigenvalue weighted by Crippen LogP contribution is 2.36. The van der Waals surface area contributed by atoms with Gasteiger partial charge in [0.1, 0.15) is 0 Å². The molecule has 0 aliphatic heterocycles. The first-order chi connectivity index (χ1) is 28.7. The van der Waals surface area contributed by atoms with E-state index in [1.165, 1.54) is 16.3 Å². The molecule has 0 saturated carbocycles. The number of rotatable bonds is 8. The molecule has 10 aromatic rings. The van der Waals surface area contributed by atoms with Crippen molar-refractivity contribution in [2.45, 2.75) is 0 Å². The topological polar surface area (TPSA) is 51.6 Å². The molecular formula is C54H36N4. The van der Waals surface area contributed by atoms with Crippen molar-refractivity contribution in [1.29, 1.82) is 0 Å². The zero-order chi connectivity index (χ0) is 38.7. The molecule has 10 rings (SSSR count). The van der Waals surface area contributed by atoms with Crippen molar-refractivity contribution < 1.29 is 0 Å². The Labute approximate surface area is 337 Å². The molecule has 0 atom stereocenters. The predicted molar refractivity (Wildman–Crippen MR) is 239 cm³/mol. The summed E-state index contributed by atoms with van der Waals surface area (Å²) in [6, 6.07) is 75.8. The molecule has 58 heavy (non-hydrogen) atoms. The summed E-state index contributed by atoms with van der Waals surface area (Å²) in [4.78, 5) is 20.2. The van der Waals surface area contributed by atoms with E-state index in [9.17, 15) is 0 Å². The minimum Gasteiger partial charge on any atom is -0.228 e. The Hall–Kier alpha value is -7.82. The lowest BCUT2D eigenvalue weighted by Crippen LogP contribution is -1.96. The minimum absolute atomic E-state index is 0.694. The fourth-order valence-electron chi connectivity index (χ4n) is 7.52. The Balaban J connectivity index is 1.01. The smallest absolute Gasteiger partial charge is 0.160 e. The summed E-state index contributed by atoms with van der Waals surface area (Å²) >= 11 is 0. The van der Waals surface area contributed by atoms with Crippen LogP contribution in [0.3, 0.4) is 0 Å². The number of fused-ring (bicyclic) bond motifs is 1. The highest BCUT2D eigenvalue weighted by atomic mass is 14.9. The van der Waals surface area contributed by atoms with Gasteiger partial charge in [0, 0.05) is 33.4 Å². The molecule has 0 amide bonds. The lowest BCUT2D eigenvalue weighted by atomic mass is 9.93. The summed E-state index contributed by atoms with van der Waals surface area (Å²) < 4.78 is 0. The second-order valence-corrected chi connectivity index (χ2v) is 14.3. The van der Waals surface area contributed by atoms with E-state index in [0.717, 1.165) is 72.8 Å². The van der Waals surface area contributed by atoms with Gasteiger partial charge in [-0.2, -0.15) is 0 Å². The third-order valence-electron chi connectivity index (χ3n) is 10.5. The summed E-state index contributed by atoms with van der Waals surface area (Å²) in [7, 11) is 0. The van der Waals surface area contributed by atoms with Gasteiger partial charge in [-0.15, -0.1) is 0 Å². The van der Waals surface area contributed by atoms with E-state index in [1.807, 2.05) is 72.8 Å². The predicted octanol–water partition coefficient (Wildman–Crippen LogP) is 13.8. The van der Waals surface area contributed by atoms with Gasteiger partial charge in [0.05, 0.1) is 22.8 Å². The van der Waals surface area contributed by atoms with Crippen LogP contribution in [0.2, 0.25) is 0 Å². The maximum Gasteiger partial charge on any atom is 0.160 e. The van der Waals surface area contributed by atoms with E-state index in [-0.39, 0.29) is 0 Å². The largest absolute Gasteiger partial charge is 0.228 e. The fourth-order valence-corrected chi connectivity index (χ4v) is 7.52. The van der Waals surface area contributed by atoms with E-state index in [0.29, 0.717) is 11.6 Å². The molecule has 0 bridgehead atoms. The first-order valence-electron chi connectivity index (χ1n) is 19.5. The highest BCUT2D eigenvalue weighted by Gasteiger charge is 2.14. The van der Waals surface area contributed by atoms with Crippen molar-refractivity contribution in [3.05, 3.63) is 218 Å². The highest BCUT2D eigenvalue weighted by molar-refractivity contribution is 5.99. The van der Waals surface area contributed by atoms with Crippen LogP contribution in [0.1, 0.15) is 0 Å². The van der Waals surface area contributed by atoms with E-state index in [1.54, 1.807) is 0 Å². The van der Waals surface area contributed by atoms with Crippen LogP contribution in [0, 0.1) is 0 Å². The second-order valence-electron chi connectivity index (χ2n) is 14.3. The van der Waals surface area contributed by atoms with Crippen LogP contribution in [0.4, 0.5) is 0 Å². The molecule has 4 nitrogen and oxygen atoms in total. The molecule has 0 aliphatic carbocycles. The molecule has 0 unspecified atom stereocenters. The van der Waals surface area contributed by atoms with Crippen LogP contribution in [-0.2, 0) is 0 Å².